The highest BCUT2D eigenvalue weighted by atomic mass is 16.5. The van der Waals surface area contributed by atoms with Gasteiger partial charge in [0.2, 0.25) is 5.91 Å². The van der Waals surface area contributed by atoms with Gasteiger partial charge in [-0.2, -0.15) is 0 Å². The van der Waals surface area contributed by atoms with Gasteiger partial charge in [0.25, 0.3) is 0 Å². The third-order valence-electron chi connectivity index (χ3n) is 3.30. The Morgan fingerprint density at radius 2 is 1.54 bits per heavy atom. The van der Waals surface area contributed by atoms with E-state index in [1.54, 1.807) is 36.2 Å². The van der Waals surface area contributed by atoms with E-state index in [9.17, 15) is 9.59 Å². The van der Waals surface area contributed by atoms with Crippen LogP contribution in [-0.2, 0) is 16.1 Å². The molecule has 6 heteroatoms. The Kier molecular flexibility index (Phi) is 6.33. The number of rotatable bonds is 6. The van der Waals surface area contributed by atoms with Crippen LogP contribution in [0.15, 0.2) is 54.6 Å². The first kappa shape index (κ1) is 17.5. The minimum absolute atomic E-state index is 0.00275. The summed E-state index contributed by atoms with van der Waals surface area (Å²) in [4.78, 5) is 25.2. The Bertz CT molecular complexity index is 672. The minimum Gasteiger partial charge on any atom is -0.375 e. The molecule has 0 radical (unpaired) electrons. The highest BCUT2D eigenvalue weighted by Gasteiger charge is 2.09. The Hall–Kier alpha value is -2.86. The average Bonchev–Trinajstić information content (AvgIpc) is 2.57. The van der Waals surface area contributed by atoms with Crippen molar-refractivity contribution >= 4 is 23.3 Å². The van der Waals surface area contributed by atoms with E-state index in [0.29, 0.717) is 17.9 Å². The van der Waals surface area contributed by atoms with Crippen molar-refractivity contribution in [3.63, 3.8) is 0 Å². The van der Waals surface area contributed by atoms with Crippen LogP contribution in [0.3, 0.4) is 0 Å². The van der Waals surface area contributed by atoms with Crippen LogP contribution in [0, 0.1) is 0 Å². The lowest BCUT2D eigenvalue weighted by Gasteiger charge is -2.18. The summed E-state index contributed by atoms with van der Waals surface area (Å²) >= 11 is 0. The van der Waals surface area contributed by atoms with Crippen LogP contribution in [0.1, 0.15) is 5.56 Å². The smallest absolute Gasteiger partial charge is 0.321 e. The molecule has 2 rings (SSSR count). The van der Waals surface area contributed by atoms with Crippen molar-refractivity contribution in [3.05, 3.63) is 60.2 Å². The molecule has 0 unspecified atom stereocenters. The van der Waals surface area contributed by atoms with Gasteiger partial charge in [-0.3, -0.25) is 4.79 Å². The molecule has 0 spiro atoms. The first-order valence-corrected chi connectivity index (χ1v) is 7.53. The molecule has 0 heterocycles. The molecular formula is C18H21N3O3. The summed E-state index contributed by atoms with van der Waals surface area (Å²) in [6, 6.07) is 16.5. The first-order chi connectivity index (χ1) is 11.6. The Morgan fingerprint density at radius 3 is 2.12 bits per heavy atom. The SMILES string of the molecule is COCC(=O)Nc1ccc(NC(=O)N(C)Cc2ccccc2)cc1. The summed E-state index contributed by atoms with van der Waals surface area (Å²) < 4.78 is 4.75. The summed E-state index contributed by atoms with van der Waals surface area (Å²) in [7, 11) is 3.20. The van der Waals surface area contributed by atoms with Gasteiger partial charge in [-0.25, -0.2) is 4.79 Å². The number of nitrogens with one attached hydrogen (secondary N) is 2. The van der Waals surface area contributed by atoms with Gasteiger partial charge in [0.05, 0.1) is 0 Å². The van der Waals surface area contributed by atoms with Gasteiger partial charge >= 0.3 is 6.03 Å². The predicted octanol–water partition coefficient (Wildman–Crippen LogP) is 2.94. The van der Waals surface area contributed by atoms with Crippen molar-refractivity contribution in [3.8, 4) is 0 Å². The van der Waals surface area contributed by atoms with Crippen molar-refractivity contribution < 1.29 is 14.3 Å². The van der Waals surface area contributed by atoms with E-state index in [1.807, 2.05) is 30.3 Å². The van der Waals surface area contributed by atoms with E-state index >= 15 is 0 Å². The summed E-state index contributed by atoms with van der Waals surface area (Å²) in [5, 5.41) is 5.51. The molecule has 0 aromatic heterocycles. The molecule has 2 aromatic rings. The van der Waals surface area contributed by atoms with Gasteiger partial charge in [-0.15, -0.1) is 0 Å². The second kappa shape index (κ2) is 8.69. The van der Waals surface area contributed by atoms with Gasteiger partial charge in [0.1, 0.15) is 6.61 Å². The normalized spacial score (nSPS) is 10.1. The van der Waals surface area contributed by atoms with Gasteiger partial charge in [0, 0.05) is 32.1 Å². The molecule has 0 saturated heterocycles. The predicted molar refractivity (Wildman–Crippen MR) is 93.9 cm³/mol. The lowest BCUT2D eigenvalue weighted by molar-refractivity contribution is -0.119. The number of hydrogen-bond donors (Lipinski definition) is 2. The number of carbonyl (C=O) groups excluding carboxylic acids is 2. The molecule has 24 heavy (non-hydrogen) atoms. The fraction of sp³-hybridized carbons (Fsp3) is 0.222. The Balaban J connectivity index is 1.88. The zero-order valence-electron chi connectivity index (χ0n) is 13.8. The summed E-state index contributed by atoms with van der Waals surface area (Å²) in [6.07, 6.45) is 0. The van der Waals surface area contributed by atoms with Crippen molar-refractivity contribution in [2.75, 3.05) is 31.4 Å². The fourth-order valence-corrected chi connectivity index (χ4v) is 2.11. The summed E-state index contributed by atoms with van der Waals surface area (Å²) in [5.74, 6) is -0.225. The molecule has 3 amide bonds. The van der Waals surface area contributed by atoms with E-state index in [4.69, 9.17) is 4.74 Å². The van der Waals surface area contributed by atoms with Crippen molar-refractivity contribution in [1.82, 2.24) is 4.90 Å². The zero-order valence-corrected chi connectivity index (χ0v) is 13.8. The number of anilines is 2. The van der Waals surface area contributed by atoms with Crippen molar-refractivity contribution in [2.24, 2.45) is 0 Å². The van der Waals surface area contributed by atoms with Crippen LogP contribution in [0.4, 0.5) is 16.2 Å². The van der Waals surface area contributed by atoms with E-state index in [-0.39, 0.29) is 18.5 Å². The lowest BCUT2D eigenvalue weighted by Crippen LogP contribution is -2.30. The molecule has 0 saturated carbocycles. The van der Waals surface area contributed by atoms with Crippen LogP contribution < -0.4 is 10.6 Å². The first-order valence-electron chi connectivity index (χ1n) is 7.53. The third-order valence-corrected chi connectivity index (χ3v) is 3.30. The number of nitrogens with zero attached hydrogens (tertiary/aromatic N) is 1. The van der Waals surface area contributed by atoms with Gasteiger partial charge in [-0.05, 0) is 29.8 Å². The maximum absolute atomic E-state index is 12.2. The molecule has 0 aliphatic carbocycles. The second-order valence-electron chi connectivity index (χ2n) is 5.33. The maximum atomic E-state index is 12.2. The van der Waals surface area contributed by atoms with E-state index < -0.39 is 0 Å². The van der Waals surface area contributed by atoms with Crippen LogP contribution in [0.25, 0.3) is 0 Å². The van der Waals surface area contributed by atoms with Crippen LogP contribution in [0.2, 0.25) is 0 Å². The van der Waals surface area contributed by atoms with E-state index in [2.05, 4.69) is 10.6 Å². The standard InChI is InChI=1S/C18H21N3O3/c1-21(12-14-6-4-3-5-7-14)18(23)20-16-10-8-15(9-11-16)19-17(22)13-24-2/h3-11H,12-13H2,1-2H3,(H,19,22)(H,20,23). The highest BCUT2D eigenvalue weighted by Crippen LogP contribution is 2.14. The second-order valence-corrected chi connectivity index (χ2v) is 5.33. The van der Waals surface area contributed by atoms with Gasteiger partial charge in [0.15, 0.2) is 0 Å². The van der Waals surface area contributed by atoms with E-state index in [0.717, 1.165) is 5.56 Å². The maximum Gasteiger partial charge on any atom is 0.321 e. The number of carbonyl (C=O) groups is 2. The molecule has 0 aliphatic heterocycles. The van der Waals surface area contributed by atoms with E-state index in [1.165, 1.54) is 7.11 Å². The molecular weight excluding hydrogens is 306 g/mol. The third kappa shape index (κ3) is 5.40. The summed E-state index contributed by atoms with van der Waals surface area (Å²) in [5.41, 5.74) is 2.36. The number of benzene rings is 2. The molecule has 0 aliphatic rings. The monoisotopic (exact) mass is 327 g/mol. The van der Waals surface area contributed by atoms with Crippen LogP contribution in [-0.4, -0.2) is 37.6 Å². The highest BCUT2D eigenvalue weighted by molar-refractivity contribution is 5.93. The summed E-state index contributed by atoms with van der Waals surface area (Å²) in [6.45, 7) is 0.528. The minimum atomic E-state index is -0.225. The fourth-order valence-electron chi connectivity index (χ4n) is 2.11. The van der Waals surface area contributed by atoms with Crippen LogP contribution in [0.5, 0.6) is 0 Å². The number of methoxy groups -OCH3 is 1. The Labute approximate surface area is 141 Å². The molecule has 6 nitrogen and oxygen atoms in total. The van der Waals surface area contributed by atoms with Crippen LogP contribution >= 0.6 is 0 Å². The molecule has 126 valence electrons. The number of ether oxygens (including phenoxy) is 1. The zero-order chi connectivity index (χ0) is 17.4. The molecule has 0 fully saturated rings. The largest absolute Gasteiger partial charge is 0.375 e. The molecule has 2 aromatic carbocycles. The molecule has 2 N–H and O–H groups in total. The number of urea groups is 1. The topological polar surface area (TPSA) is 70.7 Å². The average molecular weight is 327 g/mol. The number of amides is 3. The Morgan fingerprint density at radius 1 is 0.958 bits per heavy atom. The van der Waals surface area contributed by atoms with Crippen molar-refractivity contribution in [2.45, 2.75) is 6.54 Å². The number of hydrogen-bond acceptors (Lipinski definition) is 3. The molecule has 0 atom stereocenters. The van der Waals surface area contributed by atoms with Gasteiger partial charge < -0.3 is 20.3 Å². The quantitative estimate of drug-likeness (QED) is 0.857. The van der Waals surface area contributed by atoms with Gasteiger partial charge in [-0.1, -0.05) is 30.3 Å². The van der Waals surface area contributed by atoms with Crippen molar-refractivity contribution in [1.29, 1.82) is 0 Å². The molecule has 0 bridgehead atoms. The lowest BCUT2D eigenvalue weighted by atomic mass is 10.2.